The van der Waals surface area contributed by atoms with Crippen molar-refractivity contribution in [3.8, 4) is 0 Å². The number of carbonyl (C=O) groups excluding carboxylic acids is 4. The highest BCUT2D eigenvalue weighted by atomic mass is 31.2. The maximum Gasteiger partial charge on any atom is 0.472 e. The van der Waals surface area contributed by atoms with Gasteiger partial charge < -0.3 is 33.8 Å². The van der Waals surface area contributed by atoms with Gasteiger partial charge in [-0.15, -0.1) is 0 Å². The standard InChI is InChI=1S/C71H138O17P2/c1-7-9-11-13-14-15-16-17-18-19-23-26-29-32-35-42-48-54-69(74)82-60-67(87-70(75)55-49-43-36-33-30-27-24-21-20-22-25-28-31-34-40-45-51-63(3)4)62-86-90(79,80)84-58-65(72)57-83-89(77,78)85-61-66(59-81-68(73)53-47-39-12-10-8-2)88-71(76)56-50-44-38-37-41-46-52-64(5)6/h63-67,72H,7-62H2,1-6H3,(H,77,78)(H,79,80)/t65-,66+,67+/m0/s1. The van der Waals surface area contributed by atoms with Gasteiger partial charge in [-0.1, -0.05) is 311 Å². The first kappa shape index (κ1) is 88.1. The average Bonchev–Trinajstić information content (AvgIpc) is 3.31. The molecule has 0 rings (SSSR count). The molecule has 0 radical (unpaired) electrons. The van der Waals surface area contributed by atoms with E-state index < -0.39 is 97.5 Å². The lowest BCUT2D eigenvalue weighted by atomic mass is 10.0. The highest BCUT2D eigenvalue weighted by Gasteiger charge is 2.30. The summed E-state index contributed by atoms with van der Waals surface area (Å²) in [6, 6.07) is 0. The Morgan fingerprint density at radius 1 is 0.300 bits per heavy atom. The van der Waals surface area contributed by atoms with Crippen molar-refractivity contribution in [1.82, 2.24) is 0 Å². The van der Waals surface area contributed by atoms with Crippen LogP contribution in [0.2, 0.25) is 0 Å². The van der Waals surface area contributed by atoms with E-state index in [2.05, 4.69) is 41.5 Å². The molecular weight excluding hydrogens is 1190 g/mol. The van der Waals surface area contributed by atoms with Gasteiger partial charge in [0.25, 0.3) is 0 Å². The molecule has 19 heteroatoms. The fourth-order valence-corrected chi connectivity index (χ4v) is 12.3. The number of carbonyl (C=O) groups is 4. The molecule has 0 aromatic carbocycles. The highest BCUT2D eigenvalue weighted by Crippen LogP contribution is 2.45. The molecule has 0 aromatic heterocycles. The molecule has 0 aliphatic carbocycles. The van der Waals surface area contributed by atoms with Crippen LogP contribution in [-0.4, -0.2) is 96.7 Å². The normalized spacial score (nSPS) is 14.1. The molecule has 0 aromatic rings. The predicted molar refractivity (Wildman–Crippen MR) is 363 cm³/mol. The van der Waals surface area contributed by atoms with Gasteiger partial charge in [0.15, 0.2) is 12.2 Å². The predicted octanol–water partition coefficient (Wildman–Crippen LogP) is 20.4. The summed E-state index contributed by atoms with van der Waals surface area (Å²) in [5, 5.41) is 10.6. The van der Waals surface area contributed by atoms with Crippen LogP contribution in [0.3, 0.4) is 0 Å². The van der Waals surface area contributed by atoms with Crippen molar-refractivity contribution in [1.29, 1.82) is 0 Å². The molecular formula is C71H138O17P2. The van der Waals surface area contributed by atoms with Crippen LogP contribution in [0.1, 0.15) is 363 Å². The van der Waals surface area contributed by atoms with Gasteiger partial charge in [-0.05, 0) is 37.5 Å². The van der Waals surface area contributed by atoms with Crippen molar-refractivity contribution < 1.29 is 80.2 Å². The third kappa shape index (κ3) is 64.8. The van der Waals surface area contributed by atoms with Crippen LogP contribution < -0.4 is 0 Å². The molecule has 3 N–H and O–H groups in total. The third-order valence-electron chi connectivity index (χ3n) is 16.5. The summed E-state index contributed by atoms with van der Waals surface area (Å²) in [5.41, 5.74) is 0. The molecule has 0 heterocycles. The Morgan fingerprint density at radius 2 is 0.511 bits per heavy atom. The van der Waals surface area contributed by atoms with E-state index in [4.69, 9.17) is 37.0 Å². The van der Waals surface area contributed by atoms with E-state index in [-0.39, 0.29) is 25.7 Å². The van der Waals surface area contributed by atoms with Crippen molar-refractivity contribution in [2.45, 2.75) is 381 Å². The molecule has 0 bridgehead atoms. The van der Waals surface area contributed by atoms with Crippen molar-refractivity contribution >= 4 is 39.5 Å². The Balaban J connectivity index is 5.13. The summed E-state index contributed by atoms with van der Waals surface area (Å²) in [7, 11) is -9.89. The Kier molecular flexibility index (Phi) is 61.8. The maximum absolute atomic E-state index is 13.0. The van der Waals surface area contributed by atoms with Gasteiger partial charge in [-0.3, -0.25) is 37.3 Å². The van der Waals surface area contributed by atoms with E-state index >= 15 is 0 Å². The summed E-state index contributed by atoms with van der Waals surface area (Å²) < 4.78 is 68.0. The molecule has 0 saturated carbocycles. The van der Waals surface area contributed by atoms with E-state index in [1.165, 1.54) is 173 Å². The summed E-state index contributed by atoms with van der Waals surface area (Å²) in [4.78, 5) is 72.2. The first-order valence-electron chi connectivity index (χ1n) is 37.0. The lowest BCUT2D eigenvalue weighted by molar-refractivity contribution is -0.161. The topological polar surface area (TPSA) is 237 Å². The molecule has 5 atom stereocenters. The fraction of sp³-hybridized carbons (Fsp3) is 0.944. The van der Waals surface area contributed by atoms with Crippen molar-refractivity contribution in [3.05, 3.63) is 0 Å². The molecule has 534 valence electrons. The monoisotopic (exact) mass is 1320 g/mol. The van der Waals surface area contributed by atoms with Crippen LogP contribution in [0.5, 0.6) is 0 Å². The highest BCUT2D eigenvalue weighted by molar-refractivity contribution is 7.47. The van der Waals surface area contributed by atoms with Crippen LogP contribution in [0.15, 0.2) is 0 Å². The molecule has 90 heavy (non-hydrogen) atoms. The number of hydrogen-bond donors (Lipinski definition) is 3. The molecule has 0 saturated heterocycles. The van der Waals surface area contributed by atoms with Crippen molar-refractivity contribution in [2.75, 3.05) is 39.6 Å². The molecule has 17 nitrogen and oxygen atoms in total. The number of esters is 4. The molecule has 0 aliphatic heterocycles. The number of aliphatic hydroxyl groups is 1. The number of unbranched alkanes of at least 4 members (excludes halogenated alkanes) is 40. The number of rotatable bonds is 70. The number of ether oxygens (including phenoxy) is 4. The Labute approximate surface area is 549 Å². The summed E-state index contributed by atoms with van der Waals surface area (Å²) in [6.45, 7) is 9.40. The van der Waals surface area contributed by atoms with Crippen molar-refractivity contribution in [3.63, 3.8) is 0 Å². The maximum atomic E-state index is 13.0. The molecule has 0 aliphatic rings. The van der Waals surface area contributed by atoms with E-state index in [0.29, 0.717) is 31.6 Å². The SMILES string of the molecule is CCCCCCCCCCCCCCCCCCCC(=O)OC[C@H](COP(=O)(O)OC[C@@H](O)COP(=O)(O)OC[C@@H](COC(=O)CCCCCCC)OC(=O)CCCCCCCCC(C)C)OC(=O)CCCCCCCCCCCCCCCCCCC(C)C. The van der Waals surface area contributed by atoms with E-state index in [1.807, 2.05) is 0 Å². The van der Waals surface area contributed by atoms with Gasteiger partial charge in [0.05, 0.1) is 26.4 Å². The summed E-state index contributed by atoms with van der Waals surface area (Å²) in [6.07, 6.45) is 49.3. The van der Waals surface area contributed by atoms with Crippen LogP contribution >= 0.6 is 15.6 Å². The average molecular weight is 1330 g/mol. The van der Waals surface area contributed by atoms with Crippen LogP contribution in [0.25, 0.3) is 0 Å². The van der Waals surface area contributed by atoms with Crippen LogP contribution in [0.4, 0.5) is 0 Å². The third-order valence-corrected chi connectivity index (χ3v) is 18.4. The smallest absolute Gasteiger partial charge is 0.462 e. The zero-order valence-electron chi connectivity index (χ0n) is 58.4. The minimum absolute atomic E-state index is 0.101. The summed E-state index contributed by atoms with van der Waals surface area (Å²) >= 11 is 0. The number of aliphatic hydroxyl groups excluding tert-OH is 1. The summed E-state index contributed by atoms with van der Waals surface area (Å²) in [5.74, 6) is -0.659. The largest absolute Gasteiger partial charge is 0.472 e. The second-order valence-electron chi connectivity index (χ2n) is 26.6. The number of hydrogen-bond acceptors (Lipinski definition) is 15. The first-order valence-corrected chi connectivity index (χ1v) is 40.0. The Hall–Kier alpha value is -1.94. The Morgan fingerprint density at radius 3 is 0.756 bits per heavy atom. The van der Waals surface area contributed by atoms with Gasteiger partial charge in [0.2, 0.25) is 0 Å². The molecule has 0 amide bonds. The van der Waals surface area contributed by atoms with Crippen LogP contribution in [-0.2, 0) is 65.4 Å². The van der Waals surface area contributed by atoms with Gasteiger partial charge in [0.1, 0.15) is 19.3 Å². The van der Waals surface area contributed by atoms with E-state index in [0.717, 1.165) is 102 Å². The minimum atomic E-state index is -4.95. The zero-order chi connectivity index (χ0) is 66.5. The van der Waals surface area contributed by atoms with Gasteiger partial charge in [-0.25, -0.2) is 9.13 Å². The van der Waals surface area contributed by atoms with Crippen LogP contribution in [0, 0.1) is 11.8 Å². The lowest BCUT2D eigenvalue weighted by Crippen LogP contribution is -2.30. The minimum Gasteiger partial charge on any atom is -0.462 e. The quantitative estimate of drug-likeness (QED) is 0.0222. The second-order valence-corrected chi connectivity index (χ2v) is 29.5. The first-order chi connectivity index (χ1) is 43.4. The van der Waals surface area contributed by atoms with E-state index in [9.17, 15) is 43.2 Å². The van der Waals surface area contributed by atoms with Gasteiger partial charge in [0, 0.05) is 25.7 Å². The van der Waals surface area contributed by atoms with Gasteiger partial charge in [-0.2, -0.15) is 0 Å². The second kappa shape index (κ2) is 63.1. The molecule has 2 unspecified atom stereocenters. The van der Waals surface area contributed by atoms with Gasteiger partial charge >= 0.3 is 39.5 Å². The number of phosphoric acid groups is 2. The fourth-order valence-electron chi connectivity index (χ4n) is 10.8. The molecule has 0 spiro atoms. The lowest BCUT2D eigenvalue weighted by Gasteiger charge is -2.21. The zero-order valence-corrected chi connectivity index (χ0v) is 60.2. The van der Waals surface area contributed by atoms with Crippen molar-refractivity contribution in [2.24, 2.45) is 11.8 Å². The number of phosphoric ester groups is 2. The Bertz CT molecular complexity index is 1750. The molecule has 0 fully saturated rings. The van der Waals surface area contributed by atoms with E-state index in [1.54, 1.807) is 0 Å².